The summed E-state index contributed by atoms with van der Waals surface area (Å²) in [4.78, 5) is 0. The molecule has 106 valence electrons. The molecule has 5 heteroatoms. The van der Waals surface area contributed by atoms with E-state index in [4.69, 9.17) is 13.6 Å². The van der Waals surface area contributed by atoms with Crippen LogP contribution in [0.5, 0.6) is 0 Å². The fraction of sp³-hybridized carbons (Fsp3) is 0.692. The van der Waals surface area contributed by atoms with E-state index in [0.29, 0.717) is 18.3 Å². The van der Waals surface area contributed by atoms with Gasteiger partial charge >= 0.3 is 0 Å². The quantitative estimate of drug-likeness (QED) is 0.375. The molecule has 0 amide bonds. The molecule has 0 saturated heterocycles. The van der Waals surface area contributed by atoms with E-state index in [1.54, 1.807) is 6.08 Å². The minimum absolute atomic E-state index is 0.541. The van der Waals surface area contributed by atoms with Crippen molar-refractivity contribution >= 4 is 16.6 Å². The number of hydrogen-bond donors (Lipinski definition) is 0. The van der Waals surface area contributed by atoms with Crippen molar-refractivity contribution in [3.05, 3.63) is 24.4 Å². The third-order valence-electron chi connectivity index (χ3n) is 1.57. The van der Waals surface area contributed by atoms with Gasteiger partial charge in [0.15, 0.2) is 0 Å². The molecule has 0 spiro atoms. The van der Waals surface area contributed by atoms with Gasteiger partial charge in [0.25, 0.3) is 5.95 Å². The lowest BCUT2D eigenvalue weighted by Crippen LogP contribution is -2.27. The molecule has 0 bridgehead atoms. The van der Waals surface area contributed by atoms with Crippen LogP contribution in [0.25, 0.3) is 0 Å². The second-order valence-electron chi connectivity index (χ2n) is 6.21. The van der Waals surface area contributed by atoms with Crippen molar-refractivity contribution in [1.82, 2.24) is 0 Å². The minimum Gasteiger partial charge on any atom is -0.545 e. The van der Waals surface area contributed by atoms with E-state index in [1.165, 1.54) is 0 Å². The first-order valence-electron chi connectivity index (χ1n) is 6.45. The van der Waals surface area contributed by atoms with E-state index >= 15 is 0 Å². The van der Waals surface area contributed by atoms with Crippen molar-refractivity contribution in [3.63, 3.8) is 0 Å². The highest BCUT2D eigenvalue weighted by molar-refractivity contribution is 6.70. The largest absolute Gasteiger partial charge is 0.545 e. The van der Waals surface area contributed by atoms with E-state index in [-0.39, 0.29) is 0 Å². The van der Waals surface area contributed by atoms with Gasteiger partial charge in [-0.1, -0.05) is 13.5 Å². The first-order chi connectivity index (χ1) is 8.03. The van der Waals surface area contributed by atoms with Crippen molar-refractivity contribution in [2.75, 3.05) is 6.61 Å². The van der Waals surface area contributed by atoms with E-state index in [2.05, 4.69) is 52.8 Å². The second kappa shape index (κ2) is 7.04. The van der Waals surface area contributed by atoms with Gasteiger partial charge in [-0.25, -0.2) is 0 Å². The molecule has 0 aromatic carbocycles. The molecule has 0 aliphatic rings. The molecule has 0 radical (unpaired) electrons. The highest BCUT2D eigenvalue weighted by Gasteiger charge is 2.20. The SMILES string of the molecule is C=C(C=C(OCCC)O[Si](C)(C)C)O[Si](C)(C)C. The summed E-state index contributed by atoms with van der Waals surface area (Å²) in [5.41, 5.74) is 0. The van der Waals surface area contributed by atoms with E-state index in [9.17, 15) is 0 Å². The van der Waals surface area contributed by atoms with Gasteiger partial charge in [-0.15, -0.1) is 0 Å². The van der Waals surface area contributed by atoms with Crippen LogP contribution in [0.1, 0.15) is 13.3 Å². The Kier molecular flexibility index (Phi) is 6.77. The third-order valence-corrected chi connectivity index (χ3v) is 3.26. The Bertz CT molecular complexity index is 298. The van der Waals surface area contributed by atoms with Crippen LogP contribution in [0.3, 0.4) is 0 Å². The molecule has 0 aromatic heterocycles. The summed E-state index contributed by atoms with van der Waals surface area (Å²) in [6.45, 7) is 19.4. The number of rotatable bonds is 8. The minimum atomic E-state index is -1.67. The van der Waals surface area contributed by atoms with Gasteiger partial charge in [0.1, 0.15) is 5.76 Å². The van der Waals surface area contributed by atoms with Gasteiger partial charge < -0.3 is 13.6 Å². The maximum Gasteiger partial charge on any atom is 0.268 e. The van der Waals surface area contributed by atoms with Crippen LogP contribution in [0.2, 0.25) is 39.3 Å². The molecular formula is C13H28O3Si2. The zero-order valence-corrected chi connectivity index (χ0v) is 14.9. The van der Waals surface area contributed by atoms with Crippen LogP contribution in [0, 0.1) is 0 Å². The molecule has 0 N–H and O–H groups in total. The van der Waals surface area contributed by atoms with Crippen LogP contribution >= 0.6 is 0 Å². The zero-order chi connectivity index (χ0) is 14.4. The molecule has 0 aliphatic heterocycles. The summed E-state index contributed by atoms with van der Waals surface area (Å²) in [5.74, 6) is 1.16. The lowest BCUT2D eigenvalue weighted by Gasteiger charge is -2.23. The topological polar surface area (TPSA) is 27.7 Å². The van der Waals surface area contributed by atoms with Crippen molar-refractivity contribution in [2.24, 2.45) is 0 Å². The zero-order valence-electron chi connectivity index (χ0n) is 12.9. The fourth-order valence-corrected chi connectivity index (χ4v) is 2.73. The summed E-state index contributed by atoms with van der Waals surface area (Å²) >= 11 is 0. The van der Waals surface area contributed by atoms with Crippen LogP contribution in [0.15, 0.2) is 24.4 Å². The summed E-state index contributed by atoms with van der Waals surface area (Å²) in [6.07, 6.45) is 2.72. The van der Waals surface area contributed by atoms with Gasteiger partial charge in [-0.05, 0) is 45.7 Å². The average Bonchev–Trinajstić information content (AvgIpc) is 2.08. The second-order valence-corrected chi connectivity index (χ2v) is 15.1. The first kappa shape index (κ1) is 17.3. The normalized spacial score (nSPS) is 13.2. The highest BCUT2D eigenvalue weighted by atomic mass is 28.4. The summed E-state index contributed by atoms with van der Waals surface area (Å²) in [5, 5.41) is 0. The van der Waals surface area contributed by atoms with Crippen LogP contribution in [-0.2, 0) is 13.6 Å². The van der Waals surface area contributed by atoms with Gasteiger partial charge in [-0.2, -0.15) is 0 Å². The molecule has 0 fully saturated rings. The highest BCUT2D eigenvalue weighted by Crippen LogP contribution is 2.16. The fourth-order valence-electron chi connectivity index (χ4n) is 1.16. The van der Waals surface area contributed by atoms with E-state index in [0.717, 1.165) is 6.42 Å². The number of hydrogen-bond acceptors (Lipinski definition) is 3. The van der Waals surface area contributed by atoms with Crippen molar-refractivity contribution < 1.29 is 13.6 Å². The maximum absolute atomic E-state index is 5.88. The van der Waals surface area contributed by atoms with Crippen LogP contribution < -0.4 is 0 Å². The molecular weight excluding hydrogens is 260 g/mol. The van der Waals surface area contributed by atoms with E-state index < -0.39 is 16.6 Å². The van der Waals surface area contributed by atoms with Gasteiger partial charge in [0.05, 0.1) is 12.7 Å². The van der Waals surface area contributed by atoms with E-state index in [1.807, 2.05) is 0 Å². The third kappa shape index (κ3) is 10.5. The first-order valence-corrected chi connectivity index (χ1v) is 13.3. The lowest BCUT2D eigenvalue weighted by molar-refractivity contribution is 0.102. The molecule has 18 heavy (non-hydrogen) atoms. The Morgan fingerprint density at radius 3 is 1.89 bits per heavy atom. The molecule has 0 aliphatic carbocycles. The smallest absolute Gasteiger partial charge is 0.268 e. The van der Waals surface area contributed by atoms with Gasteiger partial charge in [0, 0.05) is 0 Å². The monoisotopic (exact) mass is 288 g/mol. The van der Waals surface area contributed by atoms with Gasteiger partial charge in [-0.3, -0.25) is 0 Å². The molecule has 0 saturated carbocycles. The molecule has 0 rings (SSSR count). The lowest BCUT2D eigenvalue weighted by atomic mass is 10.5. The Balaban J connectivity index is 4.67. The predicted octanol–water partition coefficient (Wildman–Crippen LogP) is 4.47. The van der Waals surface area contributed by atoms with Crippen molar-refractivity contribution in [2.45, 2.75) is 52.6 Å². The molecule has 0 atom stereocenters. The molecule has 0 unspecified atom stereocenters. The molecule has 0 heterocycles. The summed E-state index contributed by atoms with van der Waals surface area (Å²) in [7, 11) is -3.30. The Morgan fingerprint density at radius 2 is 1.50 bits per heavy atom. The summed E-state index contributed by atoms with van der Waals surface area (Å²) in [6, 6.07) is 0. The molecule has 0 aromatic rings. The maximum atomic E-state index is 5.88. The van der Waals surface area contributed by atoms with Crippen LogP contribution in [0.4, 0.5) is 0 Å². The van der Waals surface area contributed by atoms with Crippen molar-refractivity contribution in [1.29, 1.82) is 0 Å². The average molecular weight is 289 g/mol. The van der Waals surface area contributed by atoms with Crippen LogP contribution in [-0.4, -0.2) is 23.2 Å². The Morgan fingerprint density at radius 1 is 1.00 bits per heavy atom. The standard InChI is InChI=1S/C13H28O3Si2/c1-9-10-14-13(16-18(6,7)8)11-12(2)15-17(3,4)5/h11H,2,9-10H2,1,3-8H3. The summed E-state index contributed by atoms with van der Waals surface area (Å²) < 4.78 is 17.3. The number of allylic oxidation sites excluding steroid dienone is 1. The Hall–Kier alpha value is -0.686. The number of ether oxygens (including phenoxy) is 1. The molecule has 3 nitrogen and oxygen atoms in total. The Labute approximate surface area is 114 Å². The van der Waals surface area contributed by atoms with Gasteiger partial charge in [0.2, 0.25) is 16.6 Å². The predicted molar refractivity (Wildman–Crippen MR) is 82.3 cm³/mol. The van der Waals surface area contributed by atoms with Crippen molar-refractivity contribution in [3.8, 4) is 0 Å².